The minimum Gasteiger partial charge on any atom is -0.459 e. The Kier molecular flexibility index (Phi) is 6.57. The summed E-state index contributed by atoms with van der Waals surface area (Å²) < 4.78 is 15.5. The van der Waals surface area contributed by atoms with Gasteiger partial charge in [-0.25, -0.2) is 23.6 Å². The molecule has 0 atom stereocenters. The van der Waals surface area contributed by atoms with Crippen molar-refractivity contribution in [1.82, 2.24) is 29.3 Å². The van der Waals surface area contributed by atoms with Gasteiger partial charge in [-0.15, -0.1) is 0 Å². The van der Waals surface area contributed by atoms with Crippen molar-refractivity contribution in [3.63, 3.8) is 0 Å². The van der Waals surface area contributed by atoms with Gasteiger partial charge in [0, 0.05) is 22.7 Å². The predicted octanol–water partition coefficient (Wildman–Crippen LogP) is 2.50. The highest BCUT2D eigenvalue weighted by atomic mass is 16.6. The van der Waals surface area contributed by atoms with E-state index in [0.29, 0.717) is 0 Å². The number of carbonyl (C=O) groups excluding carboxylic acids is 2. The molecule has 3 aromatic rings. The van der Waals surface area contributed by atoms with Crippen LogP contribution < -0.4 is 0 Å². The van der Waals surface area contributed by atoms with E-state index in [9.17, 15) is 9.59 Å². The second-order valence-electron chi connectivity index (χ2n) is 8.20. The molecular formula is C23H30N6O4. The average molecular weight is 455 g/mol. The third-order valence-corrected chi connectivity index (χ3v) is 5.09. The Morgan fingerprint density at radius 1 is 0.788 bits per heavy atom. The van der Waals surface area contributed by atoms with E-state index in [1.54, 1.807) is 21.0 Å². The third-order valence-electron chi connectivity index (χ3n) is 5.09. The molecule has 33 heavy (non-hydrogen) atoms. The number of hydrogen-bond acceptors (Lipinski definition) is 7. The topological polar surface area (TPSA) is 106 Å². The summed E-state index contributed by atoms with van der Waals surface area (Å²) in [6.07, 6.45) is 0. The molecule has 10 nitrogen and oxygen atoms in total. The highest BCUT2D eigenvalue weighted by Crippen LogP contribution is 2.29. The van der Waals surface area contributed by atoms with Gasteiger partial charge < -0.3 is 9.47 Å². The van der Waals surface area contributed by atoms with Crippen molar-refractivity contribution in [3.8, 4) is 0 Å². The Labute approximate surface area is 192 Å². The van der Waals surface area contributed by atoms with Gasteiger partial charge in [0.15, 0.2) is 0 Å². The second-order valence-corrected chi connectivity index (χ2v) is 8.20. The molecule has 176 valence electrons. The maximum Gasteiger partial charge on any atom is 0.381 e. The standard InChI is InChI=1S/C23H30N6O4/c1-14(2)21(30)32-9-10-33-22(31)23(27-18(6)11-15(3)24-27,28-19(7)12-16(4)25-28)29-20(8)13-17(5)26-29/h11-13H,1,9-10H2,2-8H3. The van der Waals surface area contributed by atoms with Crippen LogP contribution >= 0.6 is 0 Å². The molecule has 3 heterocycles. The number of ether oxygens (including phenoxy) is 2. The molecule has 0 N–H and O–H groups in total. The van der Waals surface area contributed by atoms with Crippen LogP contribution in [0.25, 0.3) is 0 Å². The zero-order valence-electron chi connectivity index (χ0n) is 20.2. The van der Waals surface area contributed by atoms with Crippen molar-refractivity contribution >= 4 is 11.9 Å². The van der Waals surface area contributed by atoms with Crippen molar-refractivity contribution in [2.24, 2.45) is 0 Å². The Bertz CT molecular complexity index is 1100. The number of hydrogen-bond donors (Lipinski definition) is 0. The molecule has 0 saturated carbocycles. The van der Waals surface area contributed by atoms with Crippen LogP contribution in [0.3, 0.4) is 0 Å². The molecule has 0 fully saturated rings. The molecule has 0 saturated heterocycles. The van der Waals surface area contributed by atoms with Gasteiger partial charge in [0.2, 0.25) is 0 Å². The summed E-state index contributed by atoms with van der Waals surface area (Å²) in [7, 11) is 0. The number of esters is 2. The first-order chi connectivity index (χ1) is 15.5. The van der Waals surface area contributed by atoms with Gasteiger partial charge in [0.25, 0.3) is 0 Å². The van der Waals surface area contributed by atoms with Crippen LogP contribution in [0.5, 0.6) is 0 Å². The number of rotatable bonds is 8. The smallest absolute Gasteiger partial charge is 0.381 e. The zero-order valence-corrected chi connectivity index (χ0v) is 20.2. The molecular weight excluding hydrogens is 424 g/mol. The third kappa shape index (κ3) is 4.33. The first-order valence-corrected chi connectivity index (χ1v) is 10.6. The first kappa shape index (κ1) is 24.0. The highest BCUT2D eigenvalue weighted by molar-refractivity contribution is 5.86. The van der Waals surface area contributed by atoms with Crippen molar-refractivity contribution in [2.75, 3.05) is 13.2 Å². The Balaban J connectivity index is 2.18. The van der Waals surface area contributed by atoms with Gasteiger partial charge in [-0.2, -0.15) is 15.3 Å². The van der Waals surface area contributed by atoms with E-state index in [1.807, 2.05) is 59.7 Å². The fourth-order valence-electron chi connectivity index (χ4n) is 3.85. The summed E-state index contributed by atoms with van der Waals surface area (Å²) >= 11 is 0. The molecule has 0 bridgehead atoms. The maximum absolute atomic E-state index is 14.0. The highest BCUT2D eigenvalue weighted by Gasteiger charge is 2.51. The Hall–Kier alpha value is -3.69. The van der Waals surface area contributed by atoms with Gasteiger partial charge in [0.05, 0.1) is 17.1 Å². The average Bonchev–Trinajstić information content (AvgIpc) is 3.36. The quantitative estimate of drug-likeness (QED) is 0.292. The molecule has 0 unspecified atom stereocenters. The van der Waals surface area contributed by atoms with Crippen molar-refractivity contribution in [3.05, 3.63) is 64.5 Å². The van der Waals surface area contributed by atoms with E-state index >= 15 is 0 Å². The van der Waals surface area contributed by atoms with E-state index in [1.165, 1.54) is 0 Å². The Morgan fingerprint density at radius 3 is 1.45 bits per heavy atom. The minimum absolute atomic E-state index is 0.112. The minimum atomic E-state index is -1.70. The van der Waals surface area contributed by atoms with E-state index in [4.69, 9.17) is 9.47 Å². The first-order valence-electron chi connectivity index (χ1n) is 10.6. The number of aromatic nitrogens is 6. The predicted molar refractivity (Wildman–Crippen MR) is 121 cm³/mol. The summed E-state index contributed by atoms with van der Waals surface area (Å²) in [6.45, 7) is 15.9. The van der Waals surface area contributed by atoms with Crippen LogP contribution in [-0.2, 0) is 24.8 Å². The molecule has 0 aliphatic rings. The van der Waals surface area contributed by atoms with E-state index in [0.717, 1.165) is 34.2 Å². The molecule has 0 aliphatic carbocycles. The van der Waals surface area contributed by atoms with Crippen LogP contribution in [-0.4, -0.2) is 54.5 Å². The normalized spacial score (nSPS) is 11.5. The van der Waals surface area contributed by atoms with Crippen LogP contribution in [0.2, 0.25) is 0 Å². The van der Waals surface area contributed by atoms with Gasteiger partial charge in [-0.1, -0.05) is 6.58 Å². The zero-order chi connectivity index (χ0) is 24.5. The van der Waals surface area contributed by atoms with Crippen LogP contribution in [0, 0.1) is 41.5 Å². The molecule has 0 aliphatic heterocycles. The lowest BCUT2D eigenvalue weighted by Crippen LogP contribution is -2.58. The lowest BCUT2D eigenvalue weighted by molar-refractivity contribution is -0.165. The lowest BCUT2D eigenvalue weighted by atomic mass is 10.2. The lowest BCUT2D eigenvalue weighted by Gasteiger charge is -2.35. The number of aryl methyl sites for hydroxylation is 6. The van der Waals surface area contributed by atoms with E-state index in [2.05, 4.69) is 21.9 Å². The van der Waals surface area contributed by atoms with Crippen molar-refractivity contribution in [1.29, 1.82) is 0 Å². The SMILES string of the molecule is C=C(C)C(=O)OCCOC(=O)C(n1nc(C)cc1C)(n1nc(C)cc1C)n1nc(C)cc1C. The van der Waals surface area contributed by atoms with E-state index in [-0.39, 0.29) is 18.8 Å². The molecule has 3 rings (SSSR count). The number of nitrogens with zero attached hydrogens (tertiary/aromatic N) is 6. The fourth-order valence-corrected chi connectivity index (χ4v) is 3.85. The maximum atomic E-state index is 14.0. The van der Waals surface area contributed by atoms with Crippen LogP contribution in [0.4, 0.5) is 0 Å². The van der Waals surface area contributed by atoms with Gasteiger partial charge in [-0.05, 0) is 66.7 Å². The number of carbonyl (C=O) groups is 2. The molecule has 3 aromatic heterocycles. The van der Waals surface area contributed by atoms with Crippen LogP contribution in [0.1, 0.15) is 41.1 Å². The summed E-state index contributed by atoms with van der Waals surface area (Å²) in [5, 5.41) is 13.9. The van der Waals surface area contributed by atoms with Gasteiger partial charge in [0.1, 0.15) is 13.2 Å². The molecule has 0 spiro atoms. The molecule has 0 aromatic carbocycles. The van der Waals surface area contributed by atoms with Crippen molar-refractivity contribution in [2.45, 2.75) is 54.3 Å². The summed E-state index contributed by atoms with van der Waals surface area (Å²) in [6, 6.07) is 5.61. The van der Waals surface area contributed by atoms with Gasteiger partial charge >= 0.3 is 17.7 Å². The van der Waals surface area contributed by atoms with E-state index < -0.39 is 17.7 Å². The summed E-state index contributed by atoms with van der Waals surface area (Å²) in [5.41, 5.74) is 4.60. The summed E-state index contributed by atoms with van der Waals surface area (Å²) in [4.78, 5) is 25.7. The monoisotopic (exact) mass is 454 g/mol. The van der Waals surface area contributed by atoms with Gasteiger partial charge in [-0.3, -0.25) is 0 Å². The summed E-state index contributed by atoms with van der Waals surface area (Å²) in [5.74, 6) is -2.92. The fraction of sp³-hybridized carbons (Fsp3) is 0.435. The molecule has 0 radical (unpaired) electrons. The molecule has 10 heteroatoms. The largest absolute Gasteiger partial charge is 0.459 e. The van der Waals surface area contributed by atoms with Crippen molar-refractivity contribution < 1.29 is 19.1 Å². The second kappa shape index (κ2) is 9.05. The molecule has 0 amide bonds. The van der Waals surface area contributed by atoms with Crippen LogP contribution in [0.15, 0.2) is 30.4 Å². The Morgan fingerprint density at radius 2 is 1.15 bits per heavy atom.